The molecule has 0 aliphatic heterocycles. The molecule has 1 heterocycles. The summed E-state index contributed by atoms with van der Waals surface area (Å²) in [7, 11) is 1.38. The van der Waals surface area contributed by atoms with Crippen molar-refractivity contribution in [1.29, 1.82) is 0 Å². The average molecular weight is 255 g/mol. The Morgan fingerprint density at radius 3 is 2.78 bits per heavy atom. The molecule has 100 valence electrons. The predicted octanol–water partition coefficient (Wildman–Crippen LogP) is 0.468. The number of hydrogen-bond acceptors (Lipinski definition) is 5. The summed E-state index contributed by atoms with van der Waals surface area (Å²) in [5.74, 6) is -0.446. The van der Waals surface area contributed by atoms with Crippen LogP contribution in [-0.4, -0.2) is 40.7 Å². The number of hydrogen-bond donors (Lipinski definition) is 2. The van der Waals surface area contributed by atoms with Gasteiger partial charge < -0.3 is 19.7 Å². The molecule has 2 N–H and O–H groups in total. The zero-order valence-electron chi connectivity index (χ0n) is 10.6. The third-order valence-electron chi connectivity index (χ3n) is 2.46. The van der Waals surface area contributed by atoms with E-state index in [0.29, 0.717) is 5.82 Å². The van der Waals surface area contributed by atoms with E-state index in [0.717, 1.165) is 0 Å². The van der Waals surface area contributed by atoms with Crippen molar-refractivity contribution in [1.82, 2.24) is 9.97 Å². The first-order valence-corrected chi connectivity index (χ1v) is 5.57. The first kappa shape index (κ1) is 14.0. The third kappa shape index (κ3) is 3.22. The van der Waals surface area contributed by atoms with Crippen molar-refractivity contribution in [3.05, 3.63) is 16.7 Å². The SMILES string of the molecule is COc1c(N(CCC(=O)O)C(C)C)nc[nH]c1=O. The van der Waals surface area contributed by atoms with Crippen molar-refractivity contribution in [2.75, 3.05) is 18.6 Å². The second kappa shape index (κ2) is 6.04. The van der Waals surface area contributed by atoms with Gasteiger partial charge in [0.05, 0.1) is 19.9 Å². The largest absolute Gasteiger partial charge is 0.489 e. The summed E-state index contributed by atoms with van der Waals surface area (Å²) in [6.07, 6.45) is 1.24. The van der Waals surface area contributed by atoms with Crippen molar-refractivity contribution in [3.63, 3.8) is 0 Å². The van der Waals surface area contributed by atoms with Crippen LogP contribution in [0.5, 0.6) is 5.75 Å². The number of nitrogens with zero attached hydrogens (tertiary/aromatic N) is 2. The van der Waals surface area contributed by atoms with Crippen molar-refractivity contribution in [2.24, 2.45) is 0 Å². The normalized spacial score (nSPS) is 10.4. The Labute approximate surface area is 104 Å². The van der Waals surface area contributed by atoms with E-state index in [2.05, 4.69) is 9.97 Å². The molecule has 0 aliphatic rings. The maximum absolute atomic E-state index is 11.6. The van der Waals surface area contributed by atoms with E-state index < -0.39 is 5.97 Å². The van der Waals surface area contributed by atoms with Crippen LogP contribution in [0.3, 0.4) is 0 Å². The molecule has 0 spiro atoms. The highest BCUT2D eigenvalue weighted by molar-refractivity contribution is 5.67. The molecule has 7 heteroatoms. The van der Waals surface area contributed by atoms with Crippen molar-refractivity contribution in [3.8, 4) is 5.75 Å². The summed E-state index contributed by atoms with van der Waals surface area (Å²) >= 11 is 0. The fourth-order valence-corrected chi connectivity index (χ4v) is 1.59. The highest BCUT2D eigenvalue weighted by atomic mass is 16.5. The molecule has 1 aromatic heterocycles. The van der Waals surface area contributed by atoms with Crippen LogP contribution in [0.1, 0.15) is 20.3 Å². The molecule has 0 fully saturated rings. The van der Waals surface area contributed by atoms with Gasteiger partial charge in [-0.25, -0.2) is 4.98 Å². The fourth-order valence-electron chi connectivity index (χ4n) is 1.59. The van der Waals surface area contributed by atoms with E-state index in [9.17, 15) is 9.59 Å². The molecular weight excluding hydrogens is 238 g/mol. The Kier molecular flexibility index (Phi) is 4.70. The second-order valence-electron chi connectivity index (χ2n) is 4.02. The standard InChI is InChI=1S/C11H17N3O4/c1-7(2)14(5-4-8(15)16)10-9(18-3)11(17)13-6-12-10/h6-7H,4-5H2,1-3H3,(H,15,16)(H,12,13,17). The Morgan fingerprint density at radius 2 is 2.28 bits per heavy atom. The van der Waals surface area contributed by atoms with Gasteiger partial charge in [-0.2, -0.15) is 0 Å². The van der Waals surface area contributed by atoms with Crippen molar-refractivity contribution < 1.29 is 14.6 Å². The molecule has 0 amide bonds. The Bertz CT molecular complexity index is 470. The second-order valence-corrected chi connectivity index (χ2v) is 4.02. The number of anilines is 1. The number of carbonyl (C=O) groups is 1. The van der Waals surface area contributed by atoms with Crippen LogP contribution < -0.4 is 15.2 Å². The van der Waals surface area contributed by atoms with Gasteiger partial charge in [-0.05, 0) is 13.8 Å². The van der Waals surface area contributed by atoms with Crippen LogP contribution in [0, 0.1) is 0 Å². The highest BCUT2D eigenvalue weighted by Crippen LogP contribution is 2.22. The minimum atomic E-state index is -0.899. The first-order chi connectivity index (χ1) is 8.47. The number of ether oxygens (including phenoxy) is 1. The van der Waals surface area contributed by atoms with Crippen LogP contribution in [-0.2, 0) is 4.79 Å². The number of carboxylic acid groups (broad SMARTS) is 1. The van der Waals surface area contributed by atoms with Gasteiger partial charge in [-0.3, -0.25) is 9.59 Å². The molecule has 0 aliphatic carbocycles. The van der Waals surface area contributed by atoms with E-state index in [1.807, 2.05) is 13.8 Å². The summed E-state index contributed by atoms with van der Waals surface area (Å²) in [6.45, 7) is 4.05. The molecule has 1 aromatic rings. The molecule has 0 radical (unpaired) electrons. The molecule has 0 saturated carbocycles. The van der Waals surface area contributed by atoms with Gasteiger partial charge in [0.2, 0.25) is 5.75 Å². The number of H-pyrrole nitrogens is 1. The van der Waals surface area contributed by atoms with E-state index in [1.54, 1.807) is 4.90 Å². The lowest BCUT2D eigenvalue weighted by atomic mass is 10.2. The minimum absolute atomic E-state index is 0.00699. The molecule has 0 unspecified atom stereocenters. The van der Waals surface area contributed by atoms with E-state index in [-0.39, 0.29) is 30.3 Å². The molecule has 1 rings (SSSR count). The average Bonchev–Trinajstić information content (AvgIpc) is 2.28. The summed E-state index contributed by atoms with van der Waals surface area (Å²) < 4.78 is 5.02. The van der Waals surface area contributed by atoms with Gasteiger partial charge in [0.25, 0.3) is 5.56 Å². The first-order valence-electron chi connectivity index (χ1n) is 5.57. The lowest BCUT2D eigenvalue weighted by Crippen LogP contribution is -2.35. The molecule has 0 bridgehead atoms. The molecule has 7 nitrogen and oxygen atoms in total. The number of aromatic amines is 1. The van der Waals surface area contributed by atoms with Crippen LogP contribution >= 0.6 is 0 Å². The molecular formula is C11H17N3O4. The van der Waals surface area contributed by atoms with E-state index >= 15 is 0 Å². The molecule has 18 heavy (non-hydrogen) atoms. The maximum Gasteiger partial charge on any atom is 0.305 e. The maximum atomic E-state index is 11.6. The number of rotatable bonds is 6. The Balaban J connectivity index is 3.09. The molecule has 0 atom stereocenters. The highest BCUT2D eigenvalue weighted by Gasteiger charge is 2.19. The van der Waals surface area contributed by atoms with Crippen LogP contribution in [0.15, 0.2) is 11.1 Å². The summed E-state index contributed by atoms with van der Waals surface area (Å²) in [4.78, 5) is 30.4. The molecule has 0 saturated heterocycles. The van der Waals surface area contributed by atoms with Gasteiger partial charge in [-0.15, -0.1) is 0 Å². The third-order valence-corrected chi connectivity index (χ3v) is 2.46. The topological polar surface area (TPSA) is 95.5 Å². The Morgan fingerprint density at radius 1 is 1.61 bits per heavy atom. The summed E-state index contributed by atoms with van der Waals surface area (Å²) in [6, 6.07) is 0.00699. The number of nitrogens with one attached hydrogen (secondary N) is 1. The summed E-state index contributed by atoms with van der Waals surface area (Å²) in [5.41, 5.74) is -0.386. The van der Waals surface area contributed by atoms with Gasteiger partial charge >= 0.3 is 5.97 Å². The van der Waals surface area contributed by atoms with Crippen LogP contribution in [0.2, 0.25) is 0 Å². The van der Waals surface area contributed by atoms with Crippen LogP contribution in [0.25, 0.3) is 0 Å². The fraction of sp³-hybridized carbons (Fsp3) is 0.545. The number of aliphatic carboxylic acids is 1. The number of aromatic nitrogens is 2. The Hall–Kier alpha value is -2.05. The van der Waals surface area contributed by atoms with Crippen LogP contribution in [0.4, 0.5) is 5.82 Å². The predicted molar refractivity (Wildman–Crippen MR) is 66.1 cm³/mol. The minimum Gasteiger partial charge on any atom is -0.489 e. The lowest BCUT2D eigenvalue weighted by molar-refractivity contribution is -0.136. The van der Waals surface area contributed by atoms with Gasteiger partial charge in [0, 0.05) is 12.6 Å². The van der Waals surface area contributed by atoms with E-state index in [1.165, 1.54) is 13.4 Å². The van der Waals surface area contributed by atoms with Gasteiger partial charge in [0.1, 0.15) is 0 Å². The van der Waals surface area contributed by atoms with E-state index in [4.69, 9.17) is 9.84 Å². The molecule has 0 aromatic carbocycles. The zero-order chi connectivity index (χ0) is 13.7. The number of carboxylic acids is 1. The number of methoxy groups -OCH3 is 1. The monoisotopic (exact) mass is 255 g/mol. The zero-order valence-corrected chi connectivity index (χ0v) is 10.6. The van der Waals surface area contributed by atoms with Gasteiger partial charge in [0.15, 0.2) is 5.82 Å². The smallest absolute Gasteiger partial charge is 0.305 e. The lowest BCUT2D eigenvalue weighted by Gasteiger charge is -2.27. The van der Waals surface area contributed by atoms with Gasteiger partial charge in [-0.1, -0.05) is 0 Å². The quantitative estimate of drug-likeness (QED) is 0.767. The van der Waals surface area contributed by atoms with Crippen molar-refractivity contribution >= 4 is 11.8 Å². The van der Waals surface area contributed by atoms with Crippen molar-refractivity contribution in [2.45, 2.75) is 26.3 Å². The summed E-state index contributed by atoms with van der Waals surface area (Å²) in [5, 5.41) is 8.73.